The molecule has 2 heterocycles. The summed E-state index contributed by atoms with van der Waals surface area (Å²) in [6.07, 6.45) is 3.78. The highest BCUT2D eigenvalue weighted by Gasteiger charge is 2.15. The second kappa shape index (κ2) is 7.04. The van der Waals surface area contributed by atoms with Crippen molar-refractivity contribution in [3.63, 3.8) is 0 Å². The Labute approximate surface area is 191 Å². The topological polar surface area (TPSA) is 17.8 Å². The summed E-state index contributed by atoms with van der Waals surface area (Å²) >= 11 is 0. The number of pyridine rings is 1. The maximum atomic E-state index is 4.38. The average molecular weight is 421 g/mol. The fourth-order valence-corrected chi connectivity index (χ4v) is 5.19. The molecule has 0 aliphatic carbocycles. The zero-order valence-corrected chi connectivity index (χ0v) is 17.9. The Balaban J connectivity index is 1.67. The number of benzene rings is 5. The van der Waals surface area contributed by atoms with Crippen LogP contribution >= 0.6 is 0 Å². The number of nitrogens with zero attached hydrogens (tertiary/aromatic N) is 2. The second-order valence-corrected chi connectivity index (χ2v) is 8.49. The Morgan fingerprint density at radius 2 is 1.27 bits per heavy atom. The highest BCUT2D eigenvalue weighted by Crippen LogP contribution is 2.39. The first-order valence-electron chi connectivity index (χ1n) is 11.2. The maximum absolute atomic E-state index is 4.38. The van der Waals surface area contributed by atoms with Crippen LogP contribution in [0.15, 0.2) is 122 Å². The van der Waals surface area contributed by atoms with Gasteiger partial charge in [0.1, 0.15) is 0 Å². The van der Waals surface area contributed by atoms with E-state index in [9.17, 15) is 0 Å². The van der Waals surface area contributed by atoms with Crippen molar-refractivity contribution in [3.05, 3.63) is 122 Å². The van der Waals surface area contributed by atoms with Gasteiger partial charge >= 0.3 is 0 Å². The van der Waals surface area contributed by atoms with Crippen molar-refractivity contribution in [2.24, 2.45) is 0 Å². The zero-order chi connectivity index (χ0) is 21.8. The number of rotatable bonds is 2. The number of para-hydroxylation sites is 2. The van der Waals surface area contributed by atoms with Crippen molar-refractivity contribution in [2.75, 3.05) is 0 Å². The minimum absolute atomic E-state index is 1.14. The lowest BCUT2D eigenvalue weighted by Crippen LogP contribution is -1.93. The molecule has 0 saturated carbocycles. The Hall–Kier alpha value is -4.43. The summed E-state index contributed by atoms with van der Waals surface area (Å²) < 4.78 is 2.38. The fourth-order valence-electron chi connectivity index (χ4n) is 5.19. The molecule has 0 atom stereocenters. The largest absolute Gasteiger partial charge is 0.309 e. The molecule has 0 N–H and O–H groups in total. The van der Waals surface area contributed by atoms with Gasteiger partial charge in [-0.05, 0) is 69.6 Å². The van der Waals surface area contributed by atoms with Crippen LogP contribution in [0.2, 0.25) is 0 Å². The van der Waals surface area contributed by atoms with E-state index in [4.69, 9.17) is 0 Å². The van der Waals surface area contributed by atoms with Crippen LogP contribution < -0.4 is 0 Å². The average Bonchev–Trinajstić information content (AvgIpc) is 3.21. The molecule has 0 saturated heterocycles. The third-order valence-electron chi connectivity index (χ3n) is 6.64. The second-order valence-electron chi connectivity index (χ2n) is 8.49. The molecule has 2 nitrogen and oxygen atoms in total. The molecule has 33 heavy (non-hydrogen) atoms. The molecule has 0 fully saturated rings. The zero-order valence-electron chi connectivity index (χ0n) is 17.9. The minimum atomic E-state index is 1.14. The van der Waals surface area contributed by atoms with E-state index in [-0.39, 0.29) is 0 Å². The van der Waals surface area contributed by atoms with Gasteiger partial charge in [-0.1, -0.05) is 66.7 Å². The van der Waals surface area contributed by atoms with E-state index in [0.29, 0.717) is 0 Å². The van der Waals surface area contributed by atoms with Crippen molar-refractivity contribution in [1.82, 2.24) is 9.55 Å². The Morgan fingerprint density at radius 3 is 2.09 bits per heavy atom. The summed E-state index contributed by atoms with van der Waals surface area (Å²) in [6.45, 7) is 0. The molecule has 2 heteroatoms. The standard InChI is InChI=1S/C31H20N2/c1-2-10-23(11-3-1)33-30-15-7-6-14-26(30)29-19-28-22(18-31(29)33)17-27(21-9-8-16-32-20-21)24-12-4-5-13-25(24)28/h1-20H. The SMILES string of the molecule is c1ccc(-n2c3ccccc3c3cc4c(cc(-c5cccnc5)c5ccccc54)cc32)cc1. The van der Waals surface area contributed by atoms with Crippen LogP contribution in [0.1, 0.15) is 0 Å². The van der Waals surface area contributed by atoms with E-state index in [2.05, 4.69) is 113 Å². The maximum Gasteiger partial charge on any atom is 0.0547 e. The van der Waals surface area contributed by atoms with E-state index < -0.39 is 0 Å². The van der Waals surface area contributed by atoms with Gasteiger partial charge in [0.25, 0.3) is 0 Å². The van der Waals surface area contributed by atoms with Crippen LogP contribution in [0.5, 0.6) is 0 Å². The van der Waals surface area contributed by atoms with Crippen molar-refractivity contribution in [1.29, 1.82) is 0 Å². The van der Waals surface area contributed by atoms with Gasteiger partial charge in [-0.2, -0.15) is 0 Å². The van der Waals surface area contributed by atoms with E-state index in [1.807, 2.05) is 18.5 Å². The predicted molar refractivity (Wildman–Crippen MR) is 139 cm³/mol. The van der Waals surface area contributed by atoms with Gasteiger partial charge in [-0.25, -0.2) is 0 Å². The third kappa shape index (κ3) is 2.71. The van der Waals surface area contributed by atoms with E-state index >= 15 is 0 Å². The molecule has 0 aliphatic heterocycles. The molecule has 0 aliphatic rings. The molecule has 0 unspecified atom stereocenters. The van der Waals surface area contributed by atoms with Crippen LogP contribution in [0.4, 0.5) is 0 Å². The summed E-state index contributed by atoms with van der Waals surface area (Å²) in [4.78, 5) is 4.38. The molecule has 2 aromatic heterocycles. The number of hydrogen-bond donors (Lipinski definition) is 0. The summed E-state index contributed by atoms with van der Waals surface area (Å²) in [6, 6.07) is 39.2. The Morgan fingerprint density at radius 1 is 0.515 bits per heavy atom. The molecule has 0 spiro atoms. The fraction of sp³-hybridized carbons (Fsp3) is 0. The molecule has 0 radical (unpaired) electrons. The third-order valence-corrected chi connectivity index (χ3v) is 6.64. The number of aromatic nitrogens is 2. The van der Waals surface area contributed by atoms with E-state index in [1.54, 1.807) is 0 Å². The molecule has 0 amide bonds. The first-order chi connectivity index (χ1) is 16.4. The smallest absolute Gasteiger partial charge is 0.0547 e. The highest BCUT2D eigenvalue weighted by molar-refractivity contribution is 6.20. The van der Waals surface area contributed by atoms with Gasteiger partial charge in [0.05, 0.1) is 11.0 Å². The Kier molecular flexibility index (Phi) is 3.88. The van der Waals surface area contributed by atoms with Crippen LogP contribution in [-0.4, -0.2) is 9.55 Å². The molecule has 5 aromatic carbocycles. The van der Waals surface area contributed by atoms with Crippen molar-refractivity contribution < 1.29 is 0 Å². The number of hydrogen-bond acceptors (Lipinski definition) is 1. The van der Waals surface area contributed by atoms with Crippen LogP contribution in [0.25, 0.3) is 60.2 Å². The normalized spacial score (nSPS) is 11.6. The molecular weight excluding hydrogens is 400 g/mol. The number of fused-ring (bicyclic) bond motifs is 6. The van der Waals surface area contributed by atoms with Gasteiger partial charge in [0.2, 0.25) is 0 Å². The van der Waals surface area contributed by atoms with Crippen molar-refractivity contribution >= 4 is 43.4 Å². The minimum Gasteiger partial charge on any atom is -0.309 e. The quantitative estimate of drug-likeness (QED) is 0.258. The first-order valence-corrected chi connectivity index (χ1v) is 11.2. The molecular formula is C31H20N2. The lowest BCUT2D eigenvalue weighted by molar-refractivity contribution is 1.18. The molecule has 0 bridgehead atoms. The van der Waals surface area contributed by atoms with Crippen molar-refractivity contribution in [2.45, 2.75) is 0 Å². The van der Waals surface area contributed by atoms with Gasteiger partial charge in [-0.3, -0.25) is 4.98 Å². The summed E-state index contributed by atoms with van der Waals surface area (Å²) in [5.41, 5.74) is 5.98. The lowest BCUT2D eigenvalue weighted by atomic mass is 9.93. The summed E-state index contributed by atoms with van der Waals surface area (Å²) in [5, 5.41) is 7.60. The molecule has 154 valence electrons. The van der Waals surface area contributed by atoms with Crippen LogP contribution in [0, 0.1) is 0 Å². The first kappa shape index (κ1) is 18.2. The Bertz CT molecular complexity index is 1790. The van der Waals surface area contributed by atoms with E-state index in [1.165, 1.54) is 54.6 Å². The highest BCUT2D eigenvalue weighted by atomic mass is 15.0. The van der Waals surface area contributed by atoms with E-state index in [0.717, 1.165) is 5.56 Å². The van der Waals surface area contributed by atoms with Crippen LogP contribution in [-0.2, 0) is 0 Å². The summed E-state index contributed by atoms with van der Waals surface area (Å²) in [5.74, 6) is 0. The van der Waals surface area contributed by atoms with Gasteiger partial charge in [0, 0.05) is 34.4 Å². The van der Waals surface area contributed by atoms with Gasteiger partial charge < -0.3 is 4.57 Å². The van der Waals surface area contributed by atoms with Crippen LogP contribution in [0.3, 0.4) is 0 Å². The lowest BCUT2D eigenvalue weighted by Gasteiger charge is -2.12. The summed E-state index contributed by atoms with van der Waals surface area (Å²) in [7, 11) is 0. The monoisotopic (exact) mass is 420 g/mol. The molecule has 7 rings (SSSR count). The molecule has 7 aromatic rings. The van der Waals surface area contributed by atoms with Gasteiger partial charge in [0.15, 0.2) is 0 Å². The van der Waals surface area contributed by atoms with Gasteiger partial charge in [-0.15, -0.1) is 0 Å². The van der Waals surface area contributed by atoms with Crippen molar-refractivity contribution in [3.8, 4) is 16.8 Å². The predicted octanol–water partition coefficient (Wildman–Crippen LogP) is 8.15.